The third kappa shape index (κ3) is 3.33. The van der Waals surface area contributed by atoms with Crippen molar-refractivity contribution >= 4 is 5.91 Å². The summed E-state index contributed by atoms with van der Waals surface area (Å²) < 4.78 is 11.3. The number of rotatable bonds is 7. The molecule has 0 saturated heterocycles. The first-order valence-corrected chi connectivity index (χ1v) is 7.58. The highest BCUT2D eigenvalue weighted by molar-refractivity contribution is 5.90. The standard InChI is InChI=1S/C15H25NO4/c1-2-19-15-11(7-4-8-17)12(10-5-3-6-10)9-13(20-15)14(16)18/h9-12,15,17H,2-8H2,1H3,(H2,16,18)/t11-,12-,15-/m1/s1. The van der Waals surface area contributed by atoms with E-state index in [4.69, 9.17) is 20.3 Å². The molecule has 20 heavy (non-hydrogen) atoms. The highest BCUT2D eigenvalue weighted by atomic mass is 16.7. The van der Waals surface area contributed by atoms with Crippen LogP contribution in [-0.4, -0.2) is 30.5 Å². The molecule has 1 amide bonds. The number of ether oxygens (including phenoxy) is 2. The first-order chi connectivity index (χ1) is 9.67. The lowest BCUT2D eigenvalue weighted by Gasteiger charge is -2.43. The SMILES string of the molecule is CCO[C@@H]1OC(C(N)=O)=C[C@H](C2CCC2)[C@H]1CCCO. The maximum absolute atomic E-state index is 11.4. The molecule has 0 aromatic heterocycles. The van der Waals surface area contributed by atoms with Gasteiger partial charge in [-0.1, -0.05) is 6.42 Å². The average molecular weight is 283 g/mol. The van der Waals surface area contributed by atoms with Gasteiger partial charge in [-0.2, -0.15) is 0 Å². The summed E-state index contributed by atoms with van der Waals surface area (Å²) >= 11 is 0. The minimum atomic E-state index is -0.528. The van der Waals surface area contributed by atoms with Gasteiger partial charge in [-0.25, -0.2) is 0 Å². The number of hydrogen-bond acceptors (Lipinski definition) is 4. The van der Waals surface area contributed by atoms with E-state index in [1.165, 1.54) is 19.3 Å². The molecule has 0 aromatic carbocycles. The number of amides is 1. The summed E-state index contributed by atoms with van der Waals surface area (Å²) in [5.41, 5.74) is 5.37. The van der Waals surface area contributed by atoms with Crippen molar-refractivity contribution in [1.82, 2.24) is 0 Å². The molecule has 3 N–H and O–H groups in total. The normalized spacial score (nSPS) is 30.3. The van der Waals surface area contributed by atoms with Crippen LogP contribution in [0.25, 0.3) is 0 Å². The highest BCUT2D eigenvalue weighted by Gasteiger charge is 2.41. The van der Waals surface area contributed by atoms with Gasteiger partial charge in [-0.3, -0.25) is 4.79 Å². The molecule has 5 heteroatoms. The van der Waals surface area contributed by atoms with Crippen LogP contribution in [0.1, 0.15) is 39.0 Å². The fraction of sp³-hybridized carbons (Fsp3) is 0.800. The molecule has 2 aliphatic rings. The summed E-state index contributed by atoms with van der Waals surface area (Å²) in [7, 11) is 0. The van der Waals surface area contributed by atoms with E-state index in [-0.39, 0.29) is 24.2 Å². The van der Waals surface area contributed by atoms with Crippen molar-refractivity contribution in [2.45, 2.75) is 45.3 Å². The van der Waals surface area contributed by atoms with Gasteiger partial charge in [0.25, 0.3) is 5.91 Å². The Kier molecular flexibility index (Phi) is 5.43. The molecule has 0 unspecified atom stereocenters. The summed E-state index contributed by atoms with van der Waals surface area (Å²) in [6.07, 6.45) is 6.64. The third-order valence-electron chi connectivity index (χ3n) is 4.39. The molecule has 1 heterocycles. The number of carbonyl (C=O) groups is 1. The lowest BCUT2D eigenvalue weighted by molar-refractivity contribution is -0.177. The van der Waals surface area contributed by atoms with Gasteiger partial charge in [-0.15, -0.1) is 0 Å². The zero-order valence-corrected chi connectivity index (χ0v) is 12.1. The van der Waals surface area contributed by atoms with Crippen LogP contribution in [0.5, 0.6) is 0 Å². The molecule has 1 aliphatic carbocycles. The van der Waals surface area contributed by atoms with E-state index in [2.05, 4.69) is 0 Å². The smallest absolute Gasteiger partial charge is 0.283 e. The third-order valence-corrected chi connectivity index (χ3v) is 4.39. The molecule has 0 bridgehead atoms. The number of primary amides is 1. The number of aliphatic hydroxyl groups excluding tert-OH is 1. The summed E-state index contributed by atoms with van der Waals surface area (Å²) in [6, 6.07) is 0. The van der Waals surface area contributed by atoms with Crippen LogP contribution in [0.4, 0.5) is 0 Å². The van der Waals surface area contributed by atoms with E-state index in [1.54, 1.807) is 0 Å². The van der Waals surface area contributed by atoms with Crippen LogP contribution in [0.3, 0.4) is 0 Å². The van der Waals surface area contributed by atoms with Crippen LogP contribution in [0.2, 0.25) is 0 Å². The zero-order valence-electron chi connectivity index (χ0n) is 12.1. The maximum Gasteiger partial charge on any atom is 0.283 e. The number of carbonyl (C=O) groups excluding carboxylic acids is 1. The van der Waals surface area contributed by atoms with Crippen molar-refractivity contribution in [1.29, 1.82) is 0 Å². The Morgan fingerprint density at radius 2 is 2.30 bits per heavy atom. The summed E-state index contributed by atoms with van der Waals surface area (Å²) in [4.78, 5) is 11.4. The number of hydrogen-bond donors (Lipinski definition) is 2. The minimum Gasteiger partial charge on any atom is -0.459 e. The van der Waals surface area contributed by atoms with Crippen LogP contribution in [0, 0.1) is 17.8 Å². The van der Waals surface area contributed by atoms with Gasteiger partial charge >= 0.3 is 0 Å². The molecule has 2 rings (SSSR count). The van der Waals surface area contributed by atoms with Crippen LogP contribution in [0.15, 0.2) is 11.8 Å². The molecule has 3 atom stereocenters. The number of nitrogens with two attached hydrogens (primary N) is 1. The van der Waals surface area contributed by atoms with E-state index in [9.17, 15) is 4.79 Å². The van der Waals surface area contributed by atoms with Crippen molar-refractivity contribution in [2.24, 2.45) is 23.5 Å². The molecular formula is C15H25NO4. The van der Waals surface area contributed by atoms with Crippen LogP contribution in [-0.2, 0) is 14.3 Å². The second-order valence-corrected chi connectivity index (χ2v) is 5.63. The second kappa shape index (κ2) is 7.09. The Hall–Kier alpha value is -1.07. The lowest BCUT2D eigenvalue weighted by atomic mass is 9.68. The first kappa shape index (κ1) is 15.3. The Bertz CT molecular complexity index is 365. The average Bonchev–Trinajstić information content (AvgIpc) is 2.35. The van der Waals surface area contributed by atoms with Gasteiger partial charge in [0.05, 0.1) is 0 Å². The lowest BCUT2D eigenvalue weighted by Crippen LogP contribution is -2.42. The molecular weight excluding hydrogens is 258 g/mol. The van der Waals surface area contributed by atoms with Crippen molar-refractivity contribution < 1.29 is 19.4 Å². The van der Waals surface area contributed by atoms with Gasteiger partial charge in [0.1, 0.15) is 0 Å². The Morgan fingerprint density at radius 1 is 1.55 bits per heavy atom. The van der Waals surface area contributed by atoms with Gasteiger partial charge < -0.3 is 20.3 Å². The molecule has 1 saturated carbocycles. The Balaban J connectivity index is 2.18. The summed E-state index contributed by atoms with van der Waals surface area (Å²) in [5.74, 6) is 0.749. The first-order valence-electron chi connectivity index (χ1n) is 7.58. The van der Waals surface area contributed by atoms with Gasteiger partial charge in [0, 0.05) is 19.1 Å². The Labute approximate surface area is 120 Å². The Morgan fingerprint density at radius 3 is 2.80 bits per heavy atom. The predicted octanol–water partition coefficient (Wildman–Crippen LogP) is 1.55. The summed E-state index contributed by atoms with van der Waals surface area (Å²) in [5, 5.41) is 9.08. The van der Waals surface area contributed by atoms with Gasteiger partial charge in [0.15, 0.2) is 5.76 Å². The van der Waals surface area contributed by atoms with E-state index < -0.39 is 12.2 Å². The molecule has 5 nitrogen and oxygen atoms in total. The van der Waals surface area contributed by atoms with Crippen molar-refractivity contribution in [3.63, 3.8) is 0 Å². The number of aliphatic hydroxyl groups is 1. The summed E-state index contributed by atoms with van der Waals surface area (Å²) in [6.45, 7) is 2.61. The monoisotopic (exact) mass is 283 g/mol. The molecule has 1 aliphatic heterocycles. The molecule has 114 valence electrons. The van der Waals surface area contributed by atoms with E-state index in [0.717, 1.165) is 12.8 Å². The van der Waals surface area contributed by atoms with E-state index in [1.807, 2.05) is 13.0 Å². The van der Waals surface area contributed by atoms with Crippen molar-refractivity contribution in [3.05, 3.63) is 11.8 Å². The zero-order chi connectivity index (χ0) is 14.5. The fourth-order valence-corrected chi connectivity index (χ4v) is 3.16. The molecule has 0 spiro atoms. The maximum atomic E-state index is 11.4. The minimum absolute atomic E-state index is 0.166. The highest BCUT2D eigenvalue weighted by Crippen LogP contribution is 2.44. The largest absolute Gasteiger partial charge is 0.459 e. The van der Waals surface area contributed by atoms with E-state index in [0.29, 0.717) is 12.5 Å². The molecule has 0 radical (unpaired) electrons. The fourth-order valence-electron chi connectivity index (χ4n) is 3.16. The topological polar surface area (TPSA) is 81.8 Å². The van der Waals surface area contributed by atoms with Crippen LogP contribution >= 0.6 is 0 Å². The molecule has 1 fully saturated rings. The van der Waals surface area contributed by atoms with Crippen molar-refractivity contribution in [3.8, 4) is 0 Å². The van der Waals surface area contributed by atoms with Gasteiger partial charge in [-0.05, 0) is 50.5 Å². The number of allylic oxidation sites excluding steroid dienone is 1. The quantitative estimate of drug-likeness (QED) is 0.743. The van der Waals surface area contributed by atoms with Crippen LogP contribution < -0.4 is 5.73 Å². The van der Waals surface area contributed by atoms with Gasteiger partial charge in [0.2, 0.25) is 6.29 Å². The van der Waals surface area contributed by atoms with Crippen molar-refractivity contribution in [2.75, 3.05) is 13.2 Å². The predicted molar refractivity (Wildman–Crippen MR) is 74.4 cm³/mol. The molecule has 0 aromatic rings. The second-order valence-electron chi connectivity index (χ2n) is 5.63. The van der Waals surface area contributed by atoms with E-state index >= 15 is 0 Å².